The fraction of sp³-hybridized carbons (Fsp3) is 0.267. The maximum Gasteiger partial charge on any atom is 0.253 e. The predicted octanol–water partition coefficient (Wildman–Crippen LogP) is 2.08. The minimum absolute atomic E-state index is 0.0276. The first-order chi connectivity index (χ1) is 9.20. The number of aromatic nitrogens is 2. The summed E-state index contributed by atoms with van der Waals surface area (Å²) < 4.78 is 1.31. The molecule has 0 aliphatic carbocycles. The van der Waals surface area contributed by atoms with Crippen LogP contribution in [-0.4, -0.2) is 15.3 Å². The summed E-state index contributed by atoms with van der Waals surface area (Å²) in [5, 5.41) is 0. The number of nitrogens with zero attached hydrogens (tertiary/aromatic N) is 2. The van der Waals surface area contributed by atoms with Gasteiger partial charge in [-0.05, 0) is 12.0 Å². The van der Waals surface area contributed by atoms with Crippen LogP contribution >= 0.6 is 0 Å². The average Bonchev–Trinajstić information content (AvgIpc) is 2.42. The Bertz CT molecular complexity index is 615. The lowest BCUT2D eigenvalue weighted by Gasteiger charge is -2.05. The lowest BCUT2D eigenvalue weighted by Crippen LogP contribution is -2.23. The lowest BCUT2D eigenvalue weighted by molar-refractivity contribution is 0.0970. The highest BCUT2D eigenvalue weighted by Gasteiger charge is 2.07. The van der Waals surface area contributed by atoms with Crippen molar-refractivity contribution in [3.05, 3.63) is 64.3 Å². The van der Waals surface area contributed by atoms with Gasteiger partial charge in [0.05, 0.1) is 12.9 Å². The van der Waals surface area contributed by atoms with E-state index in [1.54, 1.807) is 0 Å². The Morgan fingerprint density at radius 1 is 1.21 bits per heavy atom. The van der Waals surface area contributed by atoms with E-state index in [1.165, 1.54) is 28.7 Å². The minimum atomic E-state index is -0.217. The molecule has 0 N–H and O–H groups in total. The zero-order valence-electron chi connectivity index (χ0n) is 10.9. The van der Waals surface area contributed by atoms with Crippen LogP contribution < -0.4 is 5.56 Å². The Labute approximate surface area is 111 Å². The maximum atomic E-state index is 12.0. The van der Waals surface area contributed by atoms with Gasteiger partial charge in [-0.3, -0.25) is 14.2 Å². The number of aryl methyl sites for hydroxylation is 1. The molecule has 0 fully saturated rings. The Morgan fingerprint density at radius 2 is 1.95 bits per heavy atom. The molecule has 98 valence electrons. The highest BCUT2D eigenvalue weighted by Crippen LogP contribution is 2.08. The van der Waals surface area contributed by atoms with Gasteiger partial charge in [0.1, 0.15) is 0 Å². The van der Waals surface area contributed by atoms with Crippen LogP contribution in [0.4, 0.5) is 0 Å². The number of carbonyl (C=O) groups is 1. The summed E-state index contributed by atoms with van der Waals surface area (Å²) in [7, 11) is 0. The molecule has 1 aromatic carbocycles. The van der Waals surface area contributed by atoms with Gasteiger partial charge in [-0.15, -0.1) is 0 Å². The van der Waals surface area contributed by atoms with Crippen molar-refractivity contribution in [3.8, 4) is 0 Å². The van der Waals surface area contributed by atoms with E-state index in [0.29, 0.717) is 5.56 Å². The SMILES string of the molecule is CCCc1ccc(C(=O)Cn2cnccc2=O)cc1. The van der Waals surface area contributed by atoms with Crippen molar-refractivity contribution in [2.75, 3.05) is 0 Å². The van der Waals surface area contributed by atoms with Crippen molar-refractivity contribution in [1.29, 1.82) is 0 Å². The van der Waals surface area contributed by atoms with Crippen LogP contribution in [0.5, 0.6) is 0 Å². The van der Waals surface area contributed by atoms with Gasteiger partial charge in [-0.1, -0.05) is 37.6 Å². The summed E-state index contributed by atoms with van der Waals surface area (Å²) in [5.74, 6) is -0.0850. The number of Topliss-reactive ketones (excluding diaryl/α,β-unsaturated/α-hetero) is 1. The van der Waals surface area contributed by atoms with Crippen molar-refractivity contribution in [3.63, 3.8) is 0 Å². The molecule has 0 saturated carbocycles. The molecule has 0 bridgehead atoms. The maximum absolute atomic E-state index is 12.0. The van der Waals surface area contributed by atoms with E-state index in [9.17, 15) is 9.59 Å². The van der Waals surface area contributed by atoms with E-state index in [4.69, 9.17) is 0 Å². The van der Waals surface area contributed by atoms with Gasteiger partial charge < -0.3 is 0 Å². The van der Waals surface area contributed by atoms with Crippen LogP contribution in [0, 0.1) is 0 Å². The highest BCUT2D eigenvalue weighted by molar-refractivity contribution is 5.95. The molecule has 0 unspecified atom stereocenters. The molecule has 0 amide bonds. The Hall–Kier alpha value is -2.23. The van der Waals surface area contributed by atoms with E-state index < -0.39 is 0 Å². The largest absolute Gasteiger partial charge is 0.292 e. The number of benzene rings is 1. The third-order valence-electron chi connectivity index (χ3n) is 2.92. The molecule has 0 aliphatic rings. The summed E-state index contributed by atoms with van der Waals surface area (Å²) in [4.78, 5) is 27.4. The zero-order chi connectivity index (χ0) is 13.7. The summed E-state index contributed by atoms with van der Waals surface area (Å²) in [6.07, 6.45) is 4.89. The molecule has 19 heavy (non-hydrogen) atoms. The van der Waals surface area contributed by atoms with Gasteiger partial charge in [0.2, 0.25) is 0 Å². The van der Waals surface area contributed by atoms with Crippen molar-refractivity contribution in [2.45, 2.75) is 26.3 Å². The normalized spacial score (nSPS) is 10.4. The molecule has 1 heterocycles. The second-order valence-corrected chi connectivity index (χ2v) is 4.42. The summed E-state index contributed by atoms with van der Waals surface area (Å²) in [6.45, 7) is 2.15. The standard InChI is InChI=1S/C15H16N2O2/c1-2-3-12-4-6-13(7-5-12)14(18)10-17-11-16-9-8-15(17)19/h4-9,11H,2-3,10H2,1H3. The van der Waals surface area contributed by atoms with Crippen molar-refractivity contribution < 1.29 is 4.79 Å². The summed E-state index contributed by atoms with van der Waals surface area (Å²) in [6, 6.07) is 8.90. The minimum Gasteiger partial charge on any atom is -0.292 e. The number of hydrogen-bond acceptors (Lipinski definition) is 3. The van der Waals surface area contributed by atoms with Gasteiger partial charge >= 0.3 is 0 Å². The first kappa shape index (κ1) is 13.2. The first-order valence-electron chi connectivity index (χ1n) is 6.33. The monoisotopic (exact) mass is 256 g/mol. The van der Waals surface area contributed by atoms with Crippen LogP contribution in [0.3, 0.4) is 0 Å². The van der Waals surface area contributed by atoms with E-state index in [-0.39, 0.29) is 17.9 Å². The molecule has 0 saturated heterocycles. The van der Waals surface area contributed by atoms with E-state index in [0.717, 1.165) is 12.8 Å². The second kappa shape index (κ2) is 6.09. The fourth-order valence-electron chi connectivity index (χ4n) is 1.89. The van der Waals surface area contributed by atoms with Crippen LogP contribution in [0.15, 0.2) is 47.7 Å². The molecule has 0 atom stereocenters. The summed E-state index contributed by atoms with van der Waals surface area (Å²) in [5.41, 5.74) is 1.62. The molecule has 0 radical (unpaired) electrons. The van der Waals surface area contributed by atoms with E-state index in [1.807, 2.05) is 24.3 Å². The zero-order valence-corrected chi connectivity index (χ0v) is 10.9. The predicted molar refractivity (Wildman–Crippen MR) is 73.3 cm³/mol. The van der Waals surface area contributed by atoms with Gasteiger partial charge in [-0.25, -0.2) is 4.98 Å². The molecular formula is C15H16N2O2. The van der Waals surface area contributed by atoms with Crippen LogP contribution in [0.2, 0.25) is 0 Å². The van der Waals surface area contributed by atoms with Crippen molar-refractivity contribution >= 4 is 5.78 Å². The Kier molecular flexibility index (Phi) is 4.23. The second-order valence-electron chi connectivity index (χ2n) is 4.42. The van der Waals surface area contributed by atoms with Gasteiger partial charge in [0, 0.05) is 17.8 Å². The van der Waals surface area contributed by atoms with Gasteiger partial charge in [0.15, 0.2) is 5.78 Å². The molecule has 0 spiro atoms. The quantitative estimate of drug-likeness (QED) is 0.770. The number of carbonyl (C=O) groups excluding carboxylic acids is 1. The van der Waals surface area contributed by atoms with Gasteiger partial charge in [0.25, 0.3) is 5.56 Å². The number of hydrogen-bond donors (Lipinski definition) is 0. The topological polar surface area (TPSA) is 52.0 Å². The number of rotatable bonds is 5. The molecule has 2 aromatic rings. The van der Waals surface area contributed by atoms with Crippen molar-refractivity contribution in [2.24, 2.45) is 0 Å². The molecule has 2 rings (SSSR count). The molecule has 0 aliphatic heterocycles. The third kappa shape index (κ3) is 3.37. The molecular weight excluding hydrogens is 240 g/mol. The summed E-state index contributed by atoms with van der Waals surface area (Å²) >= 11 is 0. The average molecular weight is 256 g/mol. The smallest absolute Gasteiger partial charge is 0.253 e. The molecule has 1 aromatic heterocycles. The van der Waals surface area contributed by atoms with Crippen LogP contribution in [-0.2, 0) is 13.0 Å². The van der Waals surface area contributed by atoms with E-state index >= 15 is 0 Å². The van der Waals surface area contributed by atoms with E-state index in [2.05, 4.69) is 11.9 Å². The first-order valence-corrected chi connectivity index (χ1v) is 6.33. The molecule has 4 nitrogen and oxygen atoms in total. The van der Waals surface area contributed by atoms with Crippen LogP contribution in [0.25, 0.3) is 0 Å². The van der Waals surface area contributed by atoms with Gasteiger partial charge in [-0.2, -0.15) is 0 Å². The third-order valence-corrected chi connectivity index (χ3v) is 2.92. The van der Waals surface area contributed by atoms with Crippen LogP contribution in [0.1, 0.15) is 29.3 Å². The highest BCUT2D eigenvalue weighted by atomic mass is 16.1. The lowest BCUT2D eigenvalue weighted by atomic mass is 10.1. The Morgan fingerprint density at radius 3 is 2.58 bits per heavy atom. The molecule has 4 heteroatoms. The Balaban J connectivity index is 2.12. The van der Waals surface area contributed by atoms with Crippen molar-refractivity contribution in [1.82, 2.24) is 9.55 Å². The number of ketones is 1. The fourth-order valence-corrected chi connectivity index (χ4v) is 1.89.